The fourth-order valence-electron chi connectivity index (χ4n) is 1.75. The Hall–Kier alpha value is -1.47. The van der Waals surface area contributed by atoms with E-state index in [1.54, 1.807) is 20.8 Å². The molecule has 0 heterocycles. The summed E-state index contributed by atoms with van der Waals surface area (Å²) in [7, 11) is -3.93. The summed E-state index contributed by atoms with van der Waals surface area (Å²) in [4.78, 5) is 11.5. The first-order chi connectivity index (χ1) is 9.58. The lowest BCUT2D eigenvalue weighted by Gasteiger charge is -2.20. The van der Waals surface area contributed by atoms with Crippen LogP contribution in [-0.2, 0) is 10.0 Å². The van der Waals surface area contributed by atoms with E-state index in [9.17, 15) is 17.6 Å². The van der Waals surface area contributed by atoms with Crippen LogP contribution in [0.3, 0.4) is 0 Å². The Morgan fingerprint density at radius 1 is 1.29 bits per heavy atom. The van der Waals surface area contributed by atoms with Crippen LogP contribution in [0.1, 0.15) is 44.0 Å². The highest BCUT2D eigenvalue weighted by Crippen LogP contribution is 2.24. The van der Waals surface area contributed by atoms with Crippen molar-refractivity contribution in [1.82, 2.24) is 10.0 Å². The lowest BCUT2D eigenvalue weighted by Crippen LogP contribution is -2.40. The number of hydrogen-bond donors (Lipinski definition) is 2. The Morgan fingerprint density at radius 3 is 2.43 bits per heavy atom. The first-order valence-electron chi connectivity index (χ1n) is 6.73. The number of hydrogen-bond acceptors (Lipinski definition) is 3. The zero-order chi connectivity index (χ0) is 15.8. The van der Waals surface area contributed by atoms with E-state index >= 15 is 0 Å². The standard InChI is InChI=1S/C14H19FN2O3S/c1-14(2,3)16-13(18)9-4-7-11(15)12(8-9)21(19,20)17-10-5-6-10/h4,7-8,10,17H,5-6H2,1-3H3,(H,16,18). The third-order valence-corrected chi connectivity index (χ3v) is 4.41. The number of carbonyl (C=O) groups is 1. The lowest BCUT2D eigenvalue weighted by atomic mass is 10.1. The molecule has 1 amide bonds. The highest BCUT2D eigenvalue weighted by atomic mass is 32.2. The molecule has 0 atom stereocenters. The monoisotopic (exact) mass is 314 g/mol. The molecule has 116 valence electrons. The summed E-state index contributed by atoms with van der Waals surface area (Å²) in [5.41, 5.74) is -0.348. The number of amides is 1. The predicted molar refractivity (Wildman–Crippen MR) is 77.0 cm³/mol. The zero-order valence-corrected chi connectivity index (χ0v) is 13.1. The molecule has 1 saturated carbocycles. The second kappa shape index (κ2) is 5.38. The SMILES string of the molecule is CC(C)(C)NC(=O)c1ccc(F)c(S(=O)(=O)NC2CC2)c1. The van der Waals surface area contributed by atoms with Gasteiger partial charge in [-0.15, -0.1) is 0 Å². The van der Waals surface area contributed by atoms with Crippen molar-refractivity contribution in [3.8, 4) is 0 Å². The molecule has 21 heavy (non-hydrogen) atoms. The number of carbonyl (C=O) groups excluding carboxylic acids is 1. The smallest absolute Gasteiger partial charge is 0.251 e. The van der Waals surface area contributed by atoms with Gasteiger partial charge < -0.3 is 5.32 Å². The Balaban J connectivity index is 2.30. The second-order valence-electron chi connectivity index (χ2n) is 6.24. The molecule has 0 bridgehead atoms. The third-order valence-electron chi connectivity index (χ3n) is 2.87. The first-order valence-corrected chi connectivity index (χ1v) is 8.21. The number of sulfonamides is 1. The van der Waals surface area contributed by atoms with Crippen molar-refractivity contribution in [3.05, 3.63) is 29.6 Å². The summed E-state index contributed by atoms with van der Waals surface area (Å²) in [6.07, 6.45) is 1.51. The first kappa shape index (κ1) is 15.9. The van der Waals surface area contributed by atoms with E-state index in [1.807, 2.05) is 0 Å². The summed E-state index contributed by atoms with van der Waals surface area (Å²) in [5.74, 6) is -1.30. The van der Waals surface area contributed by atoms with E-state index < -0.39 is 32.2 Å². The van der Waals surface area contributed by atoms with Crippen molar-refractivity contribution >= 4 is 15.9 Å². The molecule has 1 aliphatic carbocycles. The van der Waals surface area contributed by atoms with Crippen LogP contribution in [0, 0.1) is 5.82 Å². The van der Waals surface area contributed by atoms with Gasteiger partial charge in [0.2, 0.25) is 10.0 Å². The van der Waals surface area contributed by atoms with Gasteiger partial charge in [0.15, 0.2) is 0 Å². The summed E-state index contributed by atoms with van der Waals surface area (Å²) in [5, 5.41) is 2.71. The minimum absolute atomic E-state index is 0.113. The van der Waals surface area contributed by atoms with Gasteiger partial charge in [0.05, 0.1) is 0 Å². The molecular weight excluding hydrogens is 295 g/mol. The maximum atomic E-state index is 13.8. The molecule has 1 aromatic carbocycles. The topological polar surface area (TPSA) is 75.3 Å². The molecule has 0 aromatic heterocycles. The van der Waals surface area contributed by atoms with Crippen LogP contribution in [0.4, 0.5) is 4.39 Å². The van der Waals surface area contributed by atoms with E-state index in [0.717, 1.165) is 25.0 Å². The quantitative estimate of drug-likeness (QED) is 0.890. The molecule has 0 saturated heterocycles. The summed E-state index contributed by atoms with van der Waals surface area (Å²) in [6, 6.07) is 3.22. The maximum Gasteiger partial charge on any atom is 0.251 e. The summed E-state index contributed by atoms with van der Waals surface area (Å²) in [6.45, 7) is 5.42. The molecule has 2 rings (SSSR count). The average molecular weight is 314 g/mol. The normalized spacial score (nSPS) is 15.8. The fourth-order valence-corrected chi connectivity index (χ4v) is 3.16. The Morgan fingerprint density at radius 2 is 1.90 bits per heavy atom. The number of nitrogens with one attached hydrogen (secondary N) is 2. The number of rotatable bonds is 4. The molecule has 5 nitrogen and oxygen atoms in total. The van der Waals surface area contributed by atoms with Crippen molar-refractivity contribution in [1.29, 1.82) is 0 Å². The van der Waals surface area contributed by atoms with Crippen molar-refractivity contribution in [3.63, 3.8) is 0 Å². The number of benzene rings is 1. The van der Waals surface area contributed by atoms with Crippen molar-refractivity contribution < 1.29 is 17.6 Å². The van der Waals surface area contributed by atoms with E-state index in [4.69, 9.17) is 0 Å². The van der Waals surface area contributed by atoms with Crippen LogP contribution in [0.5, 0.6) is 0 Å². The van der Waals surface area contributed by atoms with E-state index in [0.29, 0.717) is 0 Å². The average Bonchev–Trinajstić information content (AvgIpc) is 3.10. The minimum atomic E-state index is -3.93. The minimum Gasteiger partial charge on any atom is -0.347 e. The van der Waals surface area contributed by atoms with Gasteiger partial charge in [-0.1, -0.05) is 0 Å². The molecule has 1 aliphatic rings. The van der Waals surface area contributed by atoms with Crippen LogP contribution < -0.4 is 10.0 Å². The van der Waals surface area contributed by atoms with E-state index in [2.05, 4.69) is 10.0 Å². The van der Waals surface area contributed by atoms with Gasteiger partial charge in [-0.2, -0.15) is 0 Å². The Kier molecular flexibility index (Phi) is 4.08. The van der Waals surface area contributed by atoms with Gasteiger partial charge in [0.25, 0.3) is 5.91 Å². The molecular formula is C14H19FN2O3S. The van der Waals surface area contributed by atoms with Gasteiger partial charge in [-0.25, -0.2) is 17.5 Å². The largest absolute Gasteiger partial charge is 0.347 e. The van der Waals surface area contributed by atoms with Gasteiger partial charge in [-0.3, -0.25) is 4.79 Å². The van der Waals surface area contributed by atoms with Crippen molar-refractivity contribution in [2.75, 3.05) is 0 Å². The van der Waals surface area contributed by atoms with Gasteiger partial charge in [0, 0.05) is 17.1 Å². The van der Waals surface area contributed by atoms with Crippen LogP contribution in [0.25, 0.3) is 0 Å². The summed E-state index contributed by atoms with van der Waals surface area (Å²) >= 11 is 0. The van der Waals surface area contributed by atoms with Crippen LogP contribution in [0.2, 0.25) is 0 Å². The Labute approximate surface area is 124 Å². The Bertz CT molecular complexity index is 661. The maximum absolute atomic E-state index is 13.8. The van der Waals surface area contributed by atoms with E-state index in [-0.39, 0.29) is 11.6 Å². The molecule has 0 aliphatic heterocycles. The van der Waals surface area contributed by atoms with Crippen molar-refractivity contribution in [2.45, 2.75) is 50.1 Å². The molecule has 1 aromatic rings. The van der Waals surface area contributed by atoms with Gasteiger partial charge in [0.1, 0.15) is 10.7 Å². The predicted octanol–water partition coefficient (Wildman–Crippen LogP) is 1.79. The number of halogens is 1. The highest BCUT2D eigenvalue weighted by Gasteiger charge is 2.30. The van der Waals surface area contributed by atoms with Gasteiger partial charge >= 0.3 is 0 Å². The van der Waals surface area contributed by atoms with Gasteiger partial charge in [-0.05, 0) is 51.8 Å². The molecule has 2 N–H and O–H groups in total. The molecule has 1 fully saturated rings. The third kappa shape index (κ3) is 4.25. The zero-order valence-electron chi connectivity index (χ0n) is 12.2. The van der Waals surface area contributed by atoms with Crippen molar-refractivity contribution in [2.24, 2.45) is 0 Å². The fraction of sp³-hybridized carbons (Fsp3) is 0.500. The summed E-state index contributed by atoms with van der Waals surface area (Å²) < 4.78 is 40.4. The lowest BCUT2D eigenvalue weighted by molar-refractivity contribution is 0.0919. The molecule has 0 unspecified atom stereocenters. The molecule has 0 radical (unpaired) electrons. The van der Waals surface area contributed by atoms with Crippen LogP contribution >= 0.6 is 0 Å². The molecule has 0 spiro atoms. The molecule has 7 heteroatoms. The highest BCUT2D eigenvalue weighted by molar-refractivity contribution is 7.89. The second-order valence-corrected chi connectivity index (χ2v) is 7.93. The van der Waals surface area contributed by atoms with Crippen LogP contribution in [-0.4, -0.2) is 25.9 Å². The van der Waals surface area contributed by atoms with E-state index in [1.165, 1.54) is 6.07 Å². The van der Waals surface area contributed by atoms with Crippen LogP contribution in [0.15, 0.2) is 23.1 Å².